The maximum absolute atomic E-state index is 12.8. The molecule has 0 spiro atoms. The summed E-state index contributed by atoms with van der Waals surface area (Å²) in [6, 6.07) is 14.0. The van der Waals surface area contributed by atoms with Crippen molar-refractivity contribution in [2.24, 2.45) is 0 Å². The minimum Gasteiger partial charge on any atom is -0.334 e. The summed E-state index contributed by atoms with van der Waals surface area (Å²) in [5.41, 5.74) is 3.06. The molecule has 0 saturated heterocycles. The molecule has 2 aromatic carbocycles. The second-order valence-electron chi connectivity index (χ2n) is 5.36. The van der Waals surface area contributed by atoms with Crippen LogP contribution in [0, 0.1) is 5.82 Å². The summed E-state index contributed by atoms with van der Waals surface area (Å²) < 4.78 is 12.8. The Balaban J connectivity index is 1.68. The van der Waals surface area contributed by atoms with E-state index in [1.165, 1.54) is 17.7 Å². The number of para-hydroxylation sites is 1. The van der Waals surface area contributed by atoms with Crippen molar-refractivity contribution in [1.29, 1.82) is 0 Å². The van der Waals surface area contributed by atoms with E-state index in [4.69, 9.17) is 0 Å². The molecule has 0 saturated carbocycles. The zero-order valence-electron chi connectivity index (χ0n) is 11.8. The van der Waals surface area contributed by atoms with Crippen molar-refractivity contribution in [3.05, 3.63) is 65.5 Å². The molecule has 0 bridgehead atoms. The lowest BCUT2D eigenvalue weighted by Crippen LogP contribution is -2.38. The Hall–Kier alpha value is -2.36. The Bertz CT molecular complexity index is 654. The van der Waals surface area contributed by atoms with Gasteiger partial charge in [0.05, 0.1) is 0 Å². The molecule has 0 radical (unpaired) electrons. The van der Waals surface area contributed by atoms with Gasteiger partial charge in [-0.2, -0.15) is 0 Å². The Labute approximate surface area is 123 Å². The van der Waals surface area contributed by atoms with Gasteiger partial charge in [0.25, 0.3) is 0 Å². The second kappa shape index (κ2) is 5.56. The molecule has 2 aromatic rings. The van der Waals surface area contributed by atoms with Crippen molar-refractivity contribution in [3.63, 3.8) is 0 Å². The second-order valence-corrected chi connectivity index (χ2v) is 5.36. The summed E-state index contributed by atoms with van der Waals surface area (Å²) in [5, 5.41) is 2.89. The average molecular weight is 284 g/mol. The molecule has 108 valence electrons. The molecular weight excluding hydrogens is 267 g/mol. The maximum atomic E-state index is 12.8. The third-order valence-corrected chi connectivity index (χ3v) is 3.82. The van der Waals surface area contributed by atoms with Gasteiger partial charge in [-0.1, -0.05) is 37.3 Å². The highest BCUT2D eigenvalue weighted by Crippen LogP contribution is 2.35. The quantitative estimate of drug-likeness (QED) is 0.896. The lowest BCUT2D eigenvalue weighted by molar-refractivity contribution is 0.246. The van der Waals surface area contributed by atoms with E-state index >= 15 is 0 Å². The number of fused-ring (bicyclic) bond motifs is 1. The number of rotatable bonds is 2. The van der Waals surface area contributed by atoms with E-state index in [0.29, 0.717) is 19.0 Å². The fourth-order valence-electron chi connectivity index (χ4n) is 2.69. The number of hydrogen-bond acceptors (Lipinski definition) is 1. The Kier molecular flexibility index (Phi) is 3.60. The van der Waals surface area contributed by atoms with E-state index in [0.717, 1.165) is 11.3 Å². The Morgan fingerprint density at radius 2 is 1.95 bits per heavy atom. The van der Waals surface area contributed by atoms with Gasteiger partial charge in [0, 0.05) is 24.7 Å². The normalized spacial score (nSPS) is 16.7. The highest BCUT2D eigenvalue weighted by atomic mass is 19.1. The minimum atomic E-state index is -0.271. The standard InChI is InChI=1S/C17H17FN2O/c1-12-11-20(16-5-3-2-4-15(12)16)17(21)19-10-13-6-8-14(18)9-7-13/h2-9,12H,10-11H2,1H3,(H,19,21). The molecule has 0 fully saturated rings. The molecule has 1 aliphatic rings. The van der Waals surface area contributed by atoms with E-state index in [2.05, 4.69) is 18.3 Å². The van der Waals surface area contributed by atoms with Crippen LogP contribution in [-0.4, -0.2) is 12.6 Å². The van der Waals surface area contributed by atoms with Gasteiger partial charge >= 0.3 is 6.03 Å². The fourth-order valence-corrected chi connectivity index (χ4v) is 2.69. The zero-order chi connectivity index (χ0) is 14.8. The smallest absolute Gasteiger partial charge is 0.322 e. The molecule has 1 atom stereocenters. The Morgan fingerprint density at radius 1 is 1.24 bits per heavy atom. The highest BCUT2D eigenvalue weighted by Gasteiger charge is 2.29. The van der Waals surface area contributed by atoms with Gasteiger partial charge in [-0.05, 0) is 29.3 Å². The van der Waals surface area contributed by atoms with Crippen LogP contribution in [0.5, 0.6) is 0 Å². The number of anilines is 1. The van der Waals surface area contributed by atoms with Gasteiger partial charge in [0.1, 0.15) is 5.82 Å². The molecular formula is C17H17FN2O. The predicted octanol–water partition coefficient (Wildman–Crippen LogP) is 3.66. The van der Waals surface area contributed by atoms with Gasteiger partial charge in [-0.3, -0.25) is 4.90 Å². The van der Waals surface area contributed by atoms with Crippen LogP contribution in [0.1, 0.15) is 24.0 Å². The van der Waals surface area contributed by atoms with Crippen molar-refractivity contribution in [3.8, 4) is 0 Å². The molecule has 2 amide bonds. The number of carbonyl (C=O) groups excluding carboxylic acids is 1. The molecule has 1 aliphatic heterocycles. The molecule has 0 aromatic heterocycles. The van der Waals surface area contributed by atoms with Gasteiger partial charge < -0.3 is 5.32 Å². The topological polar surface area (TPSA) is 32.3 Å². The minimum absolute atomic E-state index is 0.115. The van der Waals surface area contributed by atoms with Crippen LogP contribution in [0.3, 0.4) is 0 Å². The van der Waals surface area contributed by atoms with Crippen LogP contribution in [-0.2, 0) is 6.54 Å². The van der Waals surface area contributed by atoms with Gasteiger partial charge in [-0.15, -0.1) is 0 Å². The first-order chi connectivity index (χ1) is 10.1. The van der Waals surface area contributed by atoms with Crippen molar-refractivity contribution in [2.45, 2.75) is 19.4 Å². The number of halogens is 1. The molecule has 1 N–H and O–H groups in total. The number of carbonyl (C=O) groups is 1. The molecule has 1 heterocycles. The number of nitrogens with one attached hydrogen (secondary N) is 1. The summed E-state index contributed by atoms with van der Waals surface area (Å²) in [6.45, 7) is 3.20. The number of nitrogens with zero attached hydrogens (tertiary/aromatic N) is 1. The summed E-state index contributed by atoms with van der Waals surface area (Å²) in [5.74, 6) is 0.0742. The van der Waals surface area contributed by atoms with Crippen LogP contribution in [0.4, 0.5) is 14.9 Å². The van der Waals surface area contributed by atoms with Crippen molar-refractivity contribution >= 4 is 11.7 Å². The van der Waals surface area contributed by atoms with Crippen molar-refractivity contribution in [2.75, 3.05) is 11.4 Å². The third-order valence-electron chi connectivity index (χ3n) is 3.82. The molecule has 4 heteroatoms. The number of benzene rings is 2. The first-order valence-corrected chi connectivity index (χ1v) is 7.04. The van der Waals surface area contributed by atoms with Crippen LogP contribution in [0.25, 0.3) is 0 Å². The van der Waals surface area contributed by atoms with Crippen LogP contribution >= 0.6 is 0 Å². The lowest BCUT2D eigenvalue weighted by Gasteiger charge is -2.18. The zero-order valence-corrected chi connectivity index (χ0v) is 11.8. The van der Waals surface area contributed by atoms with Crippen molar-refractivity contribution in [1.82, 2.24) is 5.32 Å². The summed E-state index contributed by atoms with van der Waals surface area (Å²) in [6.07, 6.45) is 0. The van der Waals surface area contributed by atoms with Crippen LogP contribution in [0.2, 0.25) is 0 Å². The Morgan fingerprint density at radius 3 is 2.71 bits per heavy atom. The predicted molar refractivity (Wildman–Crippen MR) is 80.8 cm³/mol. The number of urea groups is 1. The van der Waals surface area contributed by atoms with Gasteiger partial charge in [0.15, 0.2) is 0 Å². The van der Waals surface area contributed by atoms with Crippen LogP contribution in [0.15, 0.2) is 48.5 Å². The van der Waals surface area contributed by atoms with E-state index in [9.17, 15) is 9.18 Å². The van der Waals surface area contributed by atoms with Crippen LogP contribution < -0.4 is 10.2 Å². The van der Waals surface area contributed by atoms with Crippen molar-refractivity contribution < 1.29 is 9.18 Å². The average Bonchev–Trinajstić information content (AvgIpc) is 2.84. The fraction of sp³-hybridized carbons (Fsp3) is 0.235. The highest BCUT2D eigenvalue weighted by molar-refractivity contribution is 5.94. The molecule has 3 rings (SSSR count). The largest absolute Gasteiger partial charge is 0.334 e. The maximum Gasteiger partial charge on any atom is 0.322 e. The molecule has 1 unspecified atom stereocenters. The lowest BCUT2D eigenvalue weighted by atomic mass is 10.0. The monoisotopic (exact) mass is 284 g/mol. The molecule has 3 nitrogen and oxygen atoms in total. The van der Waals surface area contributed by atoms with Gasteiger partial charge in [0.2, 0.25) is 0 Å². The summed E-state index contributed by atoms with van der Waals surface area (Å²) in [4.78, 5) is 14.1. The number of amides is 2. The molecule has 0 aliphatic carbocycles. The molecule has 21 heavy (non-hydrogen) atoms. The number of hydrogen-bond donors (Lipinski definition) is 1. The SMILES string of the molecule is CC1CN(C(=O)NCc2ccc(F)cc2)c2ccccc21. The van der Waals surface area contributed by atoms with E-state index in [1.807, 2.05) is 18.2 Å². The summed E-state index contributed by atoms with van der Waals surface area (Å²) in [7, 11) is 0. The van der Waals surface area contributed by atoms with E-state index in [-0.39, 0.29) is 11.8 Å². The van der Waals surface area contributed by atoms with E-state index < -0.39 is 0 Å². The summed E-state index contributed by atoms with van der Waals surface area (Å²) >= 11 is 0. The van der Waals surface area contributed by atoms with Gasteiger partial charge in [-0.25, -0.2) is 9.18 Å². The first kappa shape index (κ1) is 13.6. The third kappa shape index (κ3) is 2.75. The first-order valence-electron chi connectivity index (χ1n) is 7.04. The van der Waals surface area contributed by atoms with E-state index in [1.54, 1.807) is 17.0 Å².